The number of aromatic carboxylic acids is 1. The third kappa shape index (κ3) is 1.97. The van der Waals surface area contributed by atoms with Crippen LogP contribution in [0.1, 0.15) is 15.9 Å². The van der Waals surface area contributed by atoms with Crippen LogP contribution in [0.5, 0.6) is 0 Å². The van der Waals surface area contributed by atoms with Crippen LogP contribution in [0.4, 0.5) is 0 Å². The molecule has 4 nitrogen and oxygen atoms in total. The van der Waals surface area contributed by atoms with E-state index in [0.29, 0.717) is 0 Å². The van der Waals surface area contributed by atoms with E-state index in [1.54, 1.807) is 18.2 Å². The number of aryl methyl sites for hydroxylation is 1. The van der Waals surface area contributed by atoms with Crippen molar-refractivity contribution in [3.05, 3.63) is 53.6 Å². The third-order valence-electron chi connectivity index (χ3n) is 3.13. The summed E-state index contributed by atoms with van der Waals surface area (Å²) in [5.74, 6) is -0.176. The van der Waals surface area contributed by atoms with Gasteiger partial charge in [-0.2, -0.15) is 0 Å². The van der Waals surface area contributed by atoms with Crippen molar-refractivity contribution in [2.45, 2.75) is 6.92 Å². The van der Waals surface area contributed by atoms with Gasteiger partial charge in [-0.25, -0.2) is 9.78 Å². The lowest BCUT2D eigenvalue weighted by Gasteiger charge is -2.00. The zero-order chi connectivity index (χ0) is 13.4. The fraction of sp³-hybridized carbons (Fsp3) is 0.0667. The van der Waals surface area contributed by atoms with Crippen LogP contribution >= 0.6 is 0 Å². The second-order valence-corrected chi connectivity index (χ2v) is 4.44. The summed E-state index contributed by atoms with van der Waals surface area (Å²) in [4.78, 5) is 18.6. The number of fused-ring (bicyclic) bond motifs is 1. The number of hydrogen-bond donors (Lipinski definition) is 2. The molecule has 1 aromatic heterocycles. The van der Waals surface area contributed by atoms with E-state index in [1.165, 1.54) is 0 Å². The van der Waals surface area contributed by atoms with Crippen molar-refractivity contribution in [3.63, 3.8) is 0 Å². The largest absolute Gasteiger partial charge is 0.478 e. The second kappa shape index (κ2) is 4.24. The van der Waals surface area contributed by atoms with E-state index in [9.17, 15) is 4.79 Å². The van der Waals surface area contributed by atoms with Crippen molar-refractivity contribution >= 4 is 17.0 Å². The van der Waals surface area contributed by atoms with Crippen LogP contribution in [0, 0.1) is 6.92 Å². The highest BCUT2D eigenvalue weighted by Crippen LogP contribution is 2.23. The predicted molar refractivity (Wildman–Crippen MR) is 73.2 cm³/mol. The van der Waals surface area contributed by atoms with Crippen molar-refractivity contribution in [2.24, 2.45) is 0 Å². The first-order chi connectivity index (χ1) is 9.15. The number of H-pyrrole nitrogens is 1. The number of aromatic nitrogens is 2. The van der Waals surface area contributed by atoms with E-state index in [4.69, 9.17) is 5.11 Å². The Morgan fingerprint density at radius 3 is 2.74 bits per heavy atom. The van der Waals surface area contributed by atoms with Gasteiger partial charge in [0.2, 0.25) is 0 Å². The smallest absolute Gasteiger partial charge is 0.335 e. The molecule has 19 heavy (non-hydrogen) atoms. The number of benzene rings is 2. The summed E-state index contributed by atoms with van der Waals surface area (Å²) in [6, 6.07) is 12.8. The monoisotopic (exact) mass is 252 g/mol. The number of imidazole rings is 1. The second-order valence-electron chi connectivity index (χ2n) is 4.44. The van der Waals surface area contributed by atoms with Gasteiger partial charge in [0, 0.05) is 5.56 Å². The molecule has 0 amide bonds. The van der Waals surface area contributed by atoms with Crippen LogP contribution in [0.2, 0.25) is 0 Å². The number of carboxylic acids is 1. The minimum Gasteiger partial charge on any atom is -0.478 e. The predicted octanol–water partition coefficient (Wildman–Crippen LogP) is 3.24. The van der Waals surface area contributed by atoms with Gasteiger partial charge in [0.05, 0.1) is 16.6 Å². The number of hydrogen-bond acceptors (Lipinski definition) is 2. The van der Waals surface area contributed by atoms with Crippen molar-refractivity contribution in [1.82, 2.24) is 9.97 Å². The van der Waals surface area contributed by atoms with Gasteiger partial charge in [0.25, 0.3) is 0 Å². The van der Waals surface area contributed by atoms with E-state index in [1.807, 2.05) is 31.2 Å². The molecule has 0 aliphatic rings. The van der Waals surface area contributed by atoms with Gasteiger partial charge in [-0.3, -0.25) is 0 Å². The van der Waals surface area contributed by atoms with Gasteiger partial charge < -0.3 is 10.1 Å². The number of carbonyl (C=O) groups is 1. The van der Waals surface area contributed by atoms with Crippen molar-refractivity contribution in [1.29, 1.82) is 0 Å². The summed E-state index contributed by atoms with van der Waals surface area (Å²) in [7, 11) is 0. The molecule has 3 aromatic rings. The van der Waals surface area contributed by atoms with E-state index < -0.39 is 5.97 Å². The number of nitrogens with zero attached hydrogens (tertiary/aromatic N) is 1. The molecule has 1 heterocycles. The summed E-state index contributed by atoms with van der Waals surface area (Å²) in [6.07, 6.45) is 0. The summed E-state index contributed by atoms with van der Waals surface area (Å²) in [5, 5.41) is 8.98. The Labute approximate surface area is 109 Å². The van der Waals surface area contributed by atoms with Gasteiger partial charge in [-0.1, -0.05) is 24.3 Å². The molecule has 0 radical (unpaired) electrons. The fourth-order valence-electron chi connectivity index (χ4n) is 2.11. The molecule has 94 valence electrons. The molecule has 2 N–H and O–H groups in total. The molecular weight excluding hydrogens is 240 g/mol. The van der Waals surface area contributed by atoms with Gasteiger partial charge >= 0.3 is 5.97 Å². The topological polar surface area (TPSA) is 66.0 Å². The van der Waals surface area contributed by atoms with Crippen LogP contribution in [0.3, 0.4) is 0 Å². The van der Waals surface area contributed by atoms with Crippen LogP contribution < -0.4 is 0 Å². The van der Waals surface area contributed by atoms with Crippen molar-refractivity contribution in [2.75, 3.05) is 0 Å². The average molecular weight is 252 g/mol. The number of nitrogens with one attached hydrogen (secondary N) is 1. The van der Waals surface area contributed by atoms with Crippen LogP contribution in [0.25, 0.3) is 22.4 Å². The molecule has 0 fully saturated rings. The van der Waals surface area contributed by atoms with E-state index in [0.717, 1.165) is 28.0 Å². The normalized spacial score (nSPS) is 10.8. The maximum Gasteiger partial charge on any atom is 0.335 e. The van der Waals surface area contributed by atoms with E-state index in [2.05, 4.69) is 9.97 Å². The SMILES string of the molecule is Cc1ccccc1-c1nc2ccc(C(=O)O)cc2[nH]1. The molecule has 0 aliphatic heterocycles. The maximum absolute atomic E-state index is 10.9. The molecule has 4 heteroatoms. The lowest BCUT2D eigenvalue weighted by molar-refractivity contribution is 0.0697. The minimum atomic E-state index is -0.936. The summed E-state index contributed by atoms with van der Waals surface area (Å²) < 4.78 is 0. The highest BCUT2D eigenvalue weighted by molar-refractivity contribution is 5.93. The molecule has 3 rings (SSSR count). The molecule has 0 atom stereocenters. The first-order valence-corrected chi connectivity index (χ1v) is 5.94. The molecular formula is C15H12N2O2. The summed E-state index contributed by atoms with van der Waals surface area (Å²) in [5.41, 5.74) is 3.91. The molecule has 0 aliphatic carbocycles. The molecule has 0 saturated heterocycles. The molecule has 0 spiro atoms. The molecule has 2 aromatic carbocycles. The van der Waals surface area contributed by atoms with Gasteiger partial charge in [-0.05, 0) is 30.7 Å². The van der Waals surface area contributed by atoms with Crippen LogP contribution in [-0.2, 0) is 0 Å². The lowest BCUT2D eigenvalue weighted by Crippen LogP contribution is -1.94. The summed E-state index contributed by atoms with van der Waals surface area (Å²) in [6.45, 7) is 2.02. The van der Waals surface area contributed by atoms with Crippen molar-refractivity contribution in [3.8, 4) is 11.4 Å². The zero-order valence-electron chi connectivity index (χ0n) is 10.3. The lowest BCUT2D eigenvalue weighted by atomic mass is 10.1. The Morgan fingerprint density at radius 1 is 1.21 bits per heavy atom. The third-order valence-corrected chi connectivity index (χ3v) is 3.13. The molecule has 0 bridgehead atoms. The molecule has 0 unspecified atom stereocenters. The van der Waals surface area contributed by atoms with Crippen LogP contribution in [0.15, 0.2) is 42.5 Å². The van der Waals surface area contributed by atoms with Gasteiger partial charge in [0.15, 0.2) is 0 Å². The Hall–Kier alpha value is -2.62. The Morgan fingerprint density at radius 2 is 2.00 bits per heavy atom. The van der Waals surface area contributed by atoms with E-state index in [-0.39, 0.29) is 5.56 Å². The fourth-order valence-corrected chi connectivity index (χ4v) is 2.11. The molecule has 0 saturated carbocycles. The minimum absolute atomic E-state index is 0.257. The van der Waals surface area contributed by atoms with Gasteiger partial charge in [0.1, 0.15) is 5.82 Å². The van der Waals surface area contributed by atoms with Gasteiger partial charge in [-0.15, -0.1) is 0 Å². The Bertz CT molecular complexity index is 775. The highest BCUT2D eigenvalue weighted by Gasteiger charge is 2.09. The first kappa shape index (κ1) is 11.5. The average Bonchev–Trinajstić information content (AvgIpc) is 2.81. The van der Waals surface area contributed by atoms with Crippen LogP contribution in [-0.4, -0.2) is 21.0 Å². The Kier molecular flexibility index (Phi) is 2.56. The zero-order valence-corrected chi connectivity index (χ0v) is 10.3. The maximum atomic E-state index is 10.9. The highest BCUT2D eigenvalue weighted by atomic mass is 16.4. The standard InChI is InChI=1S/C15H12N2O2/c1-9-4-2-3-5-11(9)14-16-12-7-6-10(15(18)19)8-13(12)17-14/h2-8H,1H3,(H,16,17)(H,18,19). The van der Waals surface area contributed by atoms with Crippen molar-refractivity contribution < 1.29 is 9.90 Å². The summed E-state index contributed by atoms with van der Waals surface area (Å²) >= 11 is 0. The first-order valence-electron chi connectivity index (χ1n) is 5.94. The van der Waals surface area contributed by atoms with E-state index >= 15 is 0 Å². The number of aromatic amines is 1. The quantitative estimate of drug-likeness (QED) is 0.735. The number of carboxylic acid groups (broad SMARTS) is 1. The number of rotatable bonds is 2. The Balaban J connectivity index is 2.17.